The van der Waals surface area contributed by atoms with E-state index in [-0.39, 0.29) is 24.8 Å². The van der Waals surface area contributed by atoms with Gasteiger partial charge in [0.25, 0.3) is 0 Å². The first-order chi connectivity index (χ1) is 10.4. The van der Waals surface area contributed by atoms with Gasteiger partial charge in [0, 0.05) is 0 Å². The second-order valence-electron chi connectivity index (χ2n) is 4.61. The van der Waals surface area contributed by atoms with Crippen LogP contribution in [-0.4, -0.2) is 3.71 Å². The molecule has 3 heteroatoms. The van der Waals surface area contributed by atoms with E-state index in [2.05, 4.69) is 70.5 Å². The van der Waals surface area contributed by atoms with Crippen molar-refractivity contribution in [3.63, 3.8) is 0 Å². The molecule has 0 fully saturated rings. The summed E-state index contributed by atoms with van der Waals surface area (Å²) < 4.78 is 2.09. The molecule has 0 spiro atoms. The van der Waals surface area contributed by atoms with Crippen molar-refractivity contribution < 1.29 is 49.0 Å². The molecule has 0 heterocycles. The first-order valence-corrected chi connectivity index (χ1v) is 8.48. The summed E-state index contributed by atoms with van der Waals surface area (Å²) in [5, 5.41) is 5.39. The van der Waals surface area contributed by atoms with Crippen molar-refractivity contribution in [3.05, 3.63) is 78.9 Å². The molecule has 3 aromatic carbocycles. The Labute approximate surface area is 165 Å². The van der Waals surface area contributed by atoms with E-state index in [1.165, 1.54) is 45.8 Å². The van der Waals surface area contributed by atoms with Gasteiger partial charge < -0.3 is 24.8 Å². The van der Waals surface area contributed by atoms with E-state index < -0.39 is 0 Å². The van der Waals surface area contributed by atoms with Crippen LogP contribution in [0, 0.1) is 6.08 Å². The Morgan fingerprint density at radius 1 is 0.957 bits per heavy atom. The van der Waals surface area contributed by atoms with E-state index in [1.54, 1.807) is 0 Å². The number of halogens is 2. The molecule has 1 aliphatic rings. The molecule has 118 valence electrons. The van der Waals surface area contributed by atoms with Crippen LogP contribution in [0.15, 0.2) is 72.8 Å². The van der Waals surface area contributed by atoms with Crippen molar-refractivity contribution in [1.82, 2.24) is 0 Å². The van der Waals surface area contributed by atoms with Crippen LogP contribution in [0.4, 0.5) is 0 Å². The summed E-state index contributed by atoms with van der Waals surface area (Å²) in [6.45, 7) is 2.04. The van der Waals surface area contributed by atoms with Crippen molar-refractivity contribution in [2.75, 3.05) is 0 Å². The number of hydrogen-bond donors (Lipinski definition) is 0. The molecule has 0 saturated heterocycles. The van der Waals surface area contributed by atoms with Crippen LogP contribution in [0.3, 0.4) is 0 Å². The van der Waals surface area contributed by atoms with E-state index in [0.29, 0.717) is 0 Å². The number of rotatable bonds is 0. The minimum atomic E-state index is 0. The van der Waals surface area contributed by atoms with E-state index in [4.69, 9.17) is 0 Å². The predicted octanol–water partition coefficient (Wildman–Crippen LogP) is -0.619. The average molecular weight is 420 g/mol. The van der Waals surface area contributed by atoms with Gasteiger partial charge in [0.1, 0.15) is 0 Å². The van der Waals surface area contributed by atoms with Crippen LogP contribution < -0.4 is 24.8 Å². The molecule has 23 heavy (non-hydrogen) atoms. The maximum absolute atomic E-state index is 2.99. The van der Waals surface area contributed by atoms with Crippen LogP contribution >= 0.6 is 0 Å². The molecule has 4 rings (SSSR count). The van der Waals surface area contributed by atoms with Gasteiger partial charge in [0.05, 0.1) is 0 Å². The van der Waals surface area contributed by atoms with Crippen molar-refractivity contribution in [2.45, 2.75) is 13.3 Å². The quantitative estimate of drug-likeness (QED) is 0.426. The fourth-order valence-electron chi connectivity index (χ4n) is 2.24. The summed E-state index contributed by atoms with van der Waals surface area (Å²) in [6.07, 6.45) is 10.0. The number of hydrogen-bond acceptors (Lipinski definition) is 0. The minimum Gasteiger partial charge on any atom is -1.00 e. The van der Waals surface area contributed by atoms with Gasteiger partial charge in [-0.1, -0.05) is 36.4 Å². The molecule has 0 nitrogen and oxygen atoms in total. The maximum atomic E-state index is 2.99. The van der Waals surface area contributed by atoms with Gasteiger partial charge in [-0.2, -0.15) is 6.08 Å². The van der Waals surface area contributed by atoms with Crippen LogP contribution in [0.5, 0.6) is 0 Å². The third-order valence-electron chi connectivity index (χ3n) is 3.11. The van der Waals surface area contributed by atoms with Crippen LogP contribution in [0.2, 0.25) is 0 Å². The van der Waals surface area contributed by atoms with Gasteiger partial charge in [-0.3, -0.25) is 6.08 Å². The van der Waals surface area contributed by atoms with Crippen LogP contribution in [0.25, 0.3) is 21.5 Å². The molecule has 0 atom stereocenters. The number of allylic oxidation sites excluding steroid dienone is 4. The third-order valence-corrected chi connectivity index (χ3v) is 3.11. The average Bonchev–Trinajstić information content (AvgIpc) is 3.19. The number of fused-ring (bicyclic) bond motifs is 3. The second-order valence-corrected chi connectivity index (χ2v) is 6.03. The summed E-state index contributed by atoms with van der Waals surface area (Å²) >= 11 is 1.51. The standard InChI is InChI=1S/C13H9.C5H5.C2H4.2ClH.Zr/c1-3-7-12-10(5-1)9-11-6-2-4-8-13(11)12;1-2-4-5-3-1;1-2;;;/h1-9H;1-3H,4H2;1H,2H3;2*1H;/q2*-1;;;;+2/p-2. The zero-order valence-corrected chi connectivity index (χ0v) is 16.9. The van der Waals surface area contributed by atoms with Crippen molar-refractivity contribution in [3.8, 4) is 0 Å². The molecular weight excluding hydrogens is 402 g/mol. The van der Waals surface area contributed by atoms with E-state index >= 15 is 0 Å². The van der Waals surface area contributed by atoms with Crippen molar-refractivity contribution in [1.29, 1.82) is 0 Å². The molecule has 0 N–H and O–H groups in total. The smallest absolute Gasteiger partial charge is 0.0771 e. The van der Waals surface area contributed by atoms with Crippen molar-refractivity contribution in [2.24, 2.45) is 0 Å². The van der Waals surface area contributed by atoms with Crippen LogP contribution in [-0.2, 0) is 24.2 Å². The normalized spacial score (nSPS) is 10.7. The molecule has 3 aromatic rings. The first kappa shape index (κ1) is 22.1. The van der Waals surface area contributed by atoms with Gasteiger partial charge in [0.15, 0.2) is 0 Å². The fourth-order valence-corrected chi connectivity index (χ4v) is 2.24. The summed E-state index contributed by atoms with van der Waals surface area (Å²) in [6, 6.07) is 19.3. The molecule has 0 amide bonds. The second kappa shape index (κ2) is 12.5. The Balaban J connectivity index is 0.000000413. The molecular formula is C20H18Cl2Zr-2. The topological polar surface area (TPSA) is 0 Å². The Kier molecular flexibility index (Phi) is 12.1. The SMILES string of the molecule is C[CH]=[Zr+2].[C-]1=CC=CC1.[Cl-].[Cl-].c1ccc2c(c1)[cH-]c1ccccc12. The Morgan fingerprint density at radius 3 is 1.78 bits per heavy atom. The summed E-state index contributed by atoms with van der Waals surface area (Å²) in [5.41, 5.74) is 0. The Morgan fingerprint density at radius 2 is 1.43 bits per heavy atom. The summed E-state index contributed by atoms with van der Waals surface area (Å²) in [4.78, 5) is 0. The van der Waals surface area contributed by atoms with Gasteiger partial charge in [-0.25, -0.2) is 12.2 Å². The molecule has 1 aliphatic carbocycles. The van der Waals surface area contributed by atoms with Gasteiger partial charge >= 0.3 is 34.9 Å². The summed E-state index contributed by atoms with van der Waals surface area (Å²) in [5.74, 6) is 0. The van der Waals surface area contributed by atoms with Gasteiger partial charge in [-0.15, -0.1) is 46.2 Å². The predicted molar refractivity (Wildman–Crippen MR) is 90.4 cm³/mol. The molecule has 0 aromatic heterocycles. The van der Waals surface area contributed by atoms with Crippen LogP contribution in [0.1, 0.15) is 13.3 Å². The maximum Gasteiger partial charge on any atom is -0.0771 e. The minimum absolute atomic E-state index is 0. The molecule has 0 aliphatic heterocycles. The molecule has 0 unspecified atom stereocenters. The summed E-state index contributed by atoms with van der Waals surface area (Å²) in [7, 11) is 0. The Bertz CT molecular complexity index is 709. The molecule has 0 radical (unpaired) electrons. The fraction of sp³-hybridized carbons (Fsp3) is 0.100. The Hall–Kier alpha value is -0.877. The zero-order valence-electron chi connectivity index (χ0n) is 13.0. The number of benzene rings is 2. The van der Waals surface area contributed by atoms with E-state index in [9.17, 15) is 0 Å². The first-order valence-electron chi connectivity index (χ1n) is 7.07. The molecule has 0 bridgehead atoms. The van der Waals surface area contributed by atoms with Gasteiger partial charge in [0.2, 0.25) is 0 Å². The van der Waals surface area contributed by atoms with Gasteiger partial charge in [-0.05, 0) is 0 Å². The molecule has 0 saturated carbocycles. The monoisotopic (exact) mass is 418 g/mol. The van der Waals surface area contributed by atoms with E-state index in [1.807, 2.05) is 19.1 Å². The van der Waals surface area contributed by atoms with Crippen molar-refractivity contribution >= 4 is 25.3 Å². The third kappa shape index (κ3) is 6.63. The van der Waals surface area contributed by atoms with E-state index in [0.717, 1.165) is 6.42 Å². The largest absolute Gasteiger partial charge is 1.00 e. The zero-order chi connectivity index (χ0) is 14.9.